The van der Waals surface area contributed by atoms with Gasteiger partial charge in [-0.25, -0.2) is 0 Å². The van der Waals surface area contributed by atoms with E-state index in [-0.39, 0.29) is 0 Å². The van der Waals surface area contributed by atoms with Crippen LogP contribution in [0.5, 0.6) is 0 Å². The van der Waals surface area contributed by atoms with Gasteiger partial charge < -0.3 is 5.73 Å². The van der Waals surface area contributed by atoms with E-state index < -0.39 is 0 Å². The lowest BCUT2D eigenvalue weighted by atomic mass is 10.0. The normalized spacial score (nSPS) is 30.9. The molecular weight excluding hydrogens is 172 g/mol. The van der Waals surface area contributed by atoms with Gasteiger partial charge in [-0.1, -0.05) is 20.3 Å². The molecule has 0 radical (unpaired) electrons. The SMILES string of the molecule is CCC(CN)CN1C(C)CCC1CC. The number of nitrogens with zero attached hydrogens (tertiary/aromatic N) is 1. The fourth-order valence-electron chi connectivity index (χ4n) is 2.56. The summed E-state index contributed by atoms with van der Waals surface area (Å²) in [5.41, 5.74) is 5.77. The van der Waals surface area contributed by atoms with Crippen LogP contribution in [0.25, 0.3) is 0 Å². The molecule has 0 aliphatic carbocycles. The molecule has 0 spiro atoms. The second kappa shape index (κ2) is 5.72. The quantitative estimate of drug-likeness (QED) is 0.734. The second-order valence-corrected chi connectivity index (χ2v) is 4.70. The Morgan fingerprint density at radius 1 is 1.36 bits per heavy atom. The highest BCUT2D eigenvalue weighted by atomic mass is 15.2. The van der Waals surface area contributed by atoms with E-state index >= 15 is 0 Å². The van der Waals surface area contributed by atoms with Gasteiger partial charge >= 0.3 is 0 Å². The summed E-state index contributed by atoms with van der Waals surface area (Å²) in [5, 5.41) is 0. The molecule has 1 aliphatic heterocycles. The van der Waals surface area contributed by atoms with Crippen LogP contribution in [0.15, 0.2) is 0 Å². The van der Waals surface area contributed by atoms with Gasteiger partial charge in [0, 0.05) is 18.6 Å². The highest BCUT2D eigenvalue weighted by molar-refractivity contribution is 4.85. The zero-order valence-corrected chi connectivity index (χ0v) is 10.00. The van der Waals surface area contributed by atoms with E-state index in [9.17, 15) is 0 Å². The third kappa shape index (κ3) is 2.71. The number of likely N-dealkylation sites (tertiary alicyclic amines) is 1. The number of hydrogen-bond acceptors (Lipinski definition) is 2. The van der Waals surface area contributed by atoms with E-state index in [1.165, 1.54) is 32.2 Å². The van der Waals surface area contributed by atoms with E-state index in [2.05, 4.69) is 25.7 Å². The maximum Gasteiger partial charge on any atom is 0.00961 e. The maximum absolute atomic E-state index is 5.77. The summed E-state index contributed by atoms with van der Waals surface area (Å²) in [5.74, 6) is 0.699. The molecule has 1 rings (SSSR count). The average molecular weight is 198 g/mol. The Bertz CT molecular complexity index is 154. The van der Waals surface area contributed by atoms with Crippen LogP contribution in [0, 0.1) is 5.92 Å². The lowest BCUT2D eigenvalue weighted by Gasteiger charge is -2.30. The summed E-state index contributed by atoms with van der Waals surface area (Å²) in [6, 6.07) is 1.60. The van der Waals surface area contributed by atoms with Crippen LogP contribution in [0.2, 0.25) is 0 Å². The van der Waals surface area contributed by atoms with E-state index in [0.717, 1.165) is 18.6 Å². The van der Waals surface area contributed by atoms with Gasteiger partial charge in [0.05, 0.1) is 0 Å². The Kier molecular flexibility index (Phi) is 4.90. The number of hydrogen-bond donors (Lipinski definition) is 1. The molecule has 1 fully saturated rings. The predicted molar refractivity (Wildman–Crippen MR) is 62.3 cm³/mol. The fraction of sp³-hybridized carbons (Fsp3) is 1.00. The Morgan fingerprint density at radius 3 is 2.57 bits per heavy atom. The standard InChI is InChI=1S/C12H26N2/c1-4-11(8-13)9-14-10(3)6-7-12(14)5-2/h10-12H,4-9,13H2,1-3H3. The highest BCUT2D eigenvalue weighted by Crippen LogP contribution is 2.27. The Balaban J connectivity index is 2.47. The molecule has 0 amide bonds. The molecule has 14 heavy (non-hydrogen) atoms. The minimum Gasteiger partial charge on any atom is -0.330 e. The summed E-state index contributed by atoms with van der Waals surface area (Å²) in [6.07, 6.45) is 5.28. The van der Waals surface area contributed by atoms with Crippen LogP contribution < -0.4 is 5.73 Å². The lowest BCUT2D eigenvalue weighted by molar-refractivity contribution is 0.167. The molecule has 0 aromatic carbocycles. The minimum atomic E-state index is 0.699. The van der Waals surface area contributed by atoms with E-state index in [0.29, 0.717) is 5.92 Å². The Labute approximate surface area is 88.8 Å². The monoisotopic (exact) mass is 198 g/mol. The highest BCUT2D eigenvalue weighted by Gasteiger charge is 2.29. The largest absolute Gasteiger partial charge is 0.330 e. The van der Waals surface area contributed by atoms with Crippen LogP contribution in [-0.2, 0) is 0 Å². The van der Waals surface area contributed by atoms with Gasteiger partial charge in [0.15, 0.2) is 0 Å². The van der Waals surface area contributed by atoms with E-state index in [1.807, 2.05) is 0 Å². The average Bonchev–Trinajstić information content (AvgIpc) is 2.56. The predicted octanol–water partition coefficient (Wildman–Crippen LogP) is 2.23. The van der Waals surface area contributed by atoms with Crippen molar-refractivity contribution in [2.45, 2.75) is 58.5 Å². The molecule has 2 N–H and O–H groups in total. The summed E-state index contributed by atoms with van der Waals surface area (Å²) in [4.78, 5) is 2.68. The summed E-state index contributed by atoms with van der Waals surface area (Å²) >= 11 is 0. The van der Waals surface area contributed by atoms with Crippen molar-refractivity contribution in [1.82, 2.24) is 4.90 Å². The molecule has 1 aliphatic rings. The topological polar surface area (TPSA) is 29.3 Å². The Hall–Kier alpha value is -0.0800. The molecule has 0 bridgehead atoms. The van der Waals surface area contributed by atoms with Crippen LogP contribution in [0.4, 0.5) is 0 Å². The van der Waals surface area contributed by atoms with Gasteiger partial charge in [0.2, 0.25) is 0 Å². The molecule has 84 valence electrons. The third-order valence-electron chi connectivity index (χ3n) is 3.80. The van der Waals surface area contributed by atoms with Crippen molar-refractivity contribution in [3.63, 3.8) is 0 Å². The molecule has 2 nitrogen and oxygen atoms in total. The van der Waals surface area contributed by atoms with Crippen molar-refractivity contribution in [3.8, 4) is 0 Å². The van der Waals surface area contributed by atoms with Crippen molar-refractivity contribution in [1.29, 1.82) is 0 Å². The zero-order valence-electron chi connectivity index (χ0n) is 10.00. The lowest BCUT2D eigenvalue weighted by Crippen LogP contribution is -2.39. The Morgan fingerprint density at radius 2 is 2.07 bits per heavy atom. The number of rotatable bonds is 5. The molecule has 0 aromatic rings. The first-order valence-electron chi connectivity index (χ1n) is 6.18. The maximum atomic E-state index is 5.77. The van der Waals surface area contributed by atoms with Crippen LogP contribution >= 0.6 is 0 Å². The summed E-state index contributed by atoms with van der Waals surface area (Å²) < 4.78 is 0. The van der Waals surface area contributed by atoms with Gasteiger partial charge in [0.1, 0.15) is 0 Å². The first kappa shape index (κ1) is 12.0. The first-order valence-corrected chi connectivity index (χ1v) is 6.18. The minimum absolute atomic E-state index is 0.699. The van der Waals surface area contributed by atoms with Crippen LogP contribution in [-0.4, -0.2) is 30.1 Å². The second-order valence-electron chi connectivity index (χ2n) is 4.70. The molecule has 1 heterocycles. The van der Waals surface area contributed by atoms with Gasteiger partial charge in [-0.2, -0.15) is 0 Å². The van der Waals surface area contributed by atoms with Crippen molar-refractivity contribution < 1.29 is 0 Å². The molecule has 0 saturated carbocycles. The van der Waals surface area contributed by atoms with Gasteiger partial charge in [0.25, 0.3) is 0 Å². The van der Waals surface area contributed by atoms with Gasteiger partial charge in [-0.15, -0.1) is 0 Å². The first-order chi connectivity index (χ1) is 6.72. The molecule has 1 saturated heterocycles. The fourth-order valence-corrected chi connectivity index (χ4v) is 2.56. The van der Waals surface area contributed by atoms with E-state index in [1.54, 1.807) is 0 Å². The summed E-state index contributed by atoms with van der Waals surface area (Å²) in [6.45, 7) is 8.97. The van der Waals surface area contributed by atoms with Crippen molar-refractivity contribution in [3.05, 3.63) is 0 Å². The van der Waals surface area contributed by atoms with Crippen molar-refractivity contribution in [2.24, 2.45) is 11.7 Å². The van der Waals surface area contributed by atoms with Crippen molar-refractivity contribution >= 4 is 0 Å². The smallest absolute Gasteiger partial charge is 0.00961 e. The van der Waals surface area contributed by atoms with E-state index in [4.69, 9.17) is 5.73 Å². The summed E-state index contributed by atoms with van der Waals surface area (Å²) in [7, 11) is 0. The van der Waals surface area contributed by atoms with Crippen LogP contribution in [0.3, 0.4) is 0 Å². The van der Waals surface area contributed by atoms with Gasteiger partial charge in [-0.3, -0.25) is 4.90 Å². The molecule has 0 aromatic heterocycles. The van der Waals surface area contributed by atoms with Crippen LogP contribution in [0.1, 0.15) is 46.5 Å². The molecule has 3 unspecified atom stereocenters. The molecule has 2 heteroatoms. The zero-order chi connectivity index (χ0) is 10.6. The molecule has 3 atom stereocenters. The van der Waals surface area contributed by atoms with Crippen molar-refractivity contribution in [2.75, 3.05) is 13.1 Å². The third-order valence-corrected chi connectivity index (χ3v) is 3.80. The van der Waals surface area contributed by atoms with Gasteiger partial charge in [-0.05, 0) is 38.6 Å². The number of nitrogens with two attached hydrogens (primary N) is 1. The molecular formula is C12H26N2.